The van der Waals surface area contributed by atoms with E-state index in [-0.39, 0.29) is 18.9 Å². The molecular formula is C23H21FN2O4S. The number of furan rings is 1. The molecule has 6 nitrogen and oxygen atoms in total. The summed E-state index contributed by atoms with van der Waals surface area (Å²) < 4.78 is 26.4. The highest BCUT2D eigenvalue weighted by Crippen LogP contribution is 2.33. The number of fused-ring (bicyclic) bond motifs is 1. The highest BCUT2D eigenvalue weighted by molar-refractivity contribution is 7.17. The Morgan fingerprint density at radius 3 is 2.71 bits per heavy atom. The van der Waals surface area contributed by atoms with Crippen LogP contribution in [0, 0.1) is 5.82 Å². The quantitative estimate of drug-likeness (QED) is 0.405. The molecule has 0 amide bonds. The van der Waals surface area contributed by atoms with Gasteiger partial charge in [0.05, 0.1) is 18.3 Å². The second kappa shape index (κ2) is 8.11. The molecule has 4 aromatic rings. The minimum atomic E-state index is -1.35. The summed E-state index contributed by atoms with van der Waals surface area (Å²) in [5.41, 5.74) is -0.766. The van der Waals surface area contributed by atoms with Gasteiger partial charge in [0.15, 0.2) is 0 Å². The summed E-state index contributed by atoms with van der Waals surface area (Å²) in [6, 6.07) is 9.80. The molecule has 0 spiro atoms. The Morgan fingerprint density at radius 1 is 1.26 bits per heavy atom. The lowest BCUT2D eigenvalue weighted by Gasteiger charge is -2.27. The largest absolute Gasteiger partial charge is 0.464 e. The summed E-state index contributed by atoms with van der Waals surface area (Å²) in [6.07, 6.45) is 1.58. The van der Waals surface area contributed by atoms with Crippen molar-refractivity contribution in [3.8, 4) is 11.3 Å². The number of ether oxygens (including phenoxy) is 1. The van der Waals surface area contributed by atoms with E-state index >= 15 is 0 Å². The van der Waals surface area contributed by atoms with Gasteiger partial charge in [0.2, 0.25) is 0 Å². The number of aromatic nitrogens is 2. The molecule has 3 heterocycles. The molecule has 8 heteroatoms. The van der Waals surface area contributed by atoms with Crippen molar-refractivity contribution in [1.82, 2.24) is 9.55 Å². The maximum Gasteiger partial charge on any atom is 0.331 e. The molecule has 0 aliphatic rings. The summed E-state index contributed by atoms with van der Waals surface area (Å²) in [4.78, 5) is 31.7. The molecule has 0 saturated heterocycles. The van der Waals surface area contributed by atoms with Gasteiger partial charge >= 0.3 is 5.97 Å². The molecule has 3 aromatic heterocycles. The van der Waals surface area contributed by atoms with Crippen LogP contribution in [0.2, 0.25) is 0 Å². The zero-order chi connectivity index (χ0) is 22.2. The Hall–Kier alpha value is -3.26. The number of esters is 1. The van der Waals surface area contributed by atoms with Gasteiger partial charge in [0.25, 0.3) is 5.56 Å². The number of thiophene rings is 1. The molecule has 0 aliphatic carbocycles. The van der Waals surface area contributed by atoms with E-state index in [9.17, 15) is 14.0 Å². The number of hydrogen-bond donors (Lipinski definition) is 0. The first kappa shape index (κ1) is 21.0. The lowest BCUT2D eigenvalue weighted by Crippen LogP contribution is -2.46. The molecule has 1 aromatic carbocycles. The molecule has 0 N–H and O–H groups in total. The number of carbonyl (C=O) groups is 1. The van der Waals surface area contributed by atoms with Crippen LogP contribution in [0.25, 0.3) is 21.5 Å². The van der Waals surface area contributed by atoms with Gasteiger partial charge in [-0.3, -0.25) is 9.36 Å². The van der Waals surface area contributed by atoms with Gasteiger partial charge in [-0.05, 0) is 44.5 Å². The van der Waals surface area contributed by atoms with Crippen LogP contribution in [0.15, 0.2) is 57.3 Å². The summed E-state index contributed by atoms with van der Waals surface area (Å²) in [5.74, 6) is -0.149. The fourth-order valence-electron chi connectivity index (χ4n) is 3.55. The maximum atomic E-state index is 14.4. The zero-order valence-electron chi connectivity index (χ0n) is 17.3. The van der Waals surface area contributed by atoms with Crippen molar-refractivity contribution >= 4 is 27.5 Å². The molecule has 0 bridgehead atoms. The SMILES string of the molecule is CCOC(=O)C(C)(C)n1c(Cc2ccccc2F)nc2scc(-c3ccco3)c2c1=O. The van der Waals surface area contributed by atoms with Crippen molar-refractivity contribution in [2.24, 2.45) is 0 Å². The summed E-state index contributed by atoms with van der Waals surface area (Å²) >= 11 is 1.30. The van der Waals surface area contributed by atoms with Gasteiger partial charge in [-0.15, -0.1) is 11.3 Å². The smallest absolute Gasteiger partial charge is 0.331 e. The van der Waals surface area contributed by atoms with E-state index in [1.807, 2.05) is 0 Å². The van der Waals surface area contributed by atoms with Crippen molar-refractivity contribution in [1.29, 1.82) is 0 Å². The zero-order valence-corrected chi connectivity index (χ0v) is 18.2. The molecule has 0 fully saturated rings. The molecule has 160 valence electrons. The average Bonchev–Trinajstić information content (AvgIpc) is 3.39. The first-order chi connectivity index (χ1) is 14.8. The summed E-state index contributed by atoms with van der Waals surface area (Å²) in [5, 5.41) is 2.15. The first-order valence-corrected chi connectivity index (χ1v) is 10.7. The minimum absolute atomic E-state index is 0.0503. The van der Waals surface area contributed by atoms with Crippen molar-refractivity contribution in [2.75, 3.05) is 6.61 Å². The van der Waals surface area contributed by atoms with Gasteiger partial charge in [-0.1, -0.05) is 18.2 Å². The van der Waals surface area contributed by atoms with E-state index in [0.717, 1.165) is 0 Å². The van der Waals surface area contributed by atoms with Gasteiger partial charge in [0.1, 0.15) is 27.8 Å². The Morgan fingerprint density at radius 2 is 2.03 bits per heavy atom. The fraction of sp³-hybridized carbons (Fsp3) is 0.261. The van der Waals surface area contributed by atoms with Crippen LogP contribution in [-0.2, 0) is 21.5 Å². The first-order valence-electron chi connectivity index (χ1n) is 9.82. The second-order valence-electron chi connectivity index (χ2n) is 7.52. The third kappa shape index (κ3) is 3.67. The predicted molar refractivity (Wildman–Crippen MR) is 117 cm³/mol. The van der Waals surface area contributed by atoms with E-state index in [4.69, 9.17) is 9.15 Å². The second-order valence-corrected chi connectivity index (χ2v) is 8.38. The van der Waals surface area contributed by atoms with Gasteiger partial charge in [-0.25, -0.2) is 14.2 Å². The van der Waals surface area contributed by atoms with E-state index in [1.54, 1.807) is 56.5 Å². The van der Waals surface area contributed by atoms with E-state index in [2.05, 4.69) is 4.98 Å². The van der Waals surface area contributed by atoms with E-state index in [1.165, 1.54) is 28.2 Å². The van der Waals surface area contributed by atoms with E-state index < -0.39 is 22.9 Å². The standard InChI is InChI=1S/C23H21FN2O4S/c1-4-29-22(28)23(2,3)26-18(12-14-8-5-6-9-16(14)24)25-20-19(21(26)27)15(13-31-20)17-10-7-11-30-17/h5-11,13H,4,12H2,1-3H3. The summed E-state index contributed by atoms with van der Waals surface area (Å²) in [7, 11) is 0. The summed E-state index contributed by atoms with van der Waals surface area (Å²) in [6.45, 7) is 5.07. The van der Waals surface area contributed by atoms with Crippen LogP contribution < -0.4 is 5.56 Å². The van der Waals surface area contributed by atoms with Crippen LogP contribution in [0.1, 0.15) is 32.2 Å². The molecule has 4 rings (SSSR count). The van der Waals surface area contributed by atoms with Crippen LogP contribution in [0.5, 0.6) is 0 Å². The van der Waals surface area contributed by atoms with Gasteiger partial charge in [-0.2, -0.15) is 0 Å². The third-order valence-corrected chi connectivity index (χ3v) is 5.98. The number of nitrogens with zero attached hydrogens (tertiary/aromatic N) is 2. The van der Waals surface area contributed by atoms with Gasteiger partial charge in [0, 0.05) is 17.4 Å². The van der Waals surface area contributed by atoms with Crippen LogP contribution in [0.3, 0.4) is 0 Å². The maximum absolute atomic E-state index is 14.4. The number of carbonyl (C=O) groups excluding carboxylic acids is 1. The van der Waals surface area contributed by atoms with Crippen molar-refractivity contribution in [3.05, 3.63) is 75.6 Å². The lowest BCUT2D eigenvalue weighted by atomic mass is 10.0. The minimum Gasteiger partial charge on any atom is -0.464 e. The highest BCUT2D eigenvalue weighted by Gasteiger charge is 2.36. The molecule has 0 aliphatic heterocycles. The Kier molecular flexibility index (Phi) is 5.49. The number of rotatable bonds is 6. The van der Waals surface area contributed by atoms with E-state index in [0.29, 0.717) is 27.1 Å². The Balaban J connectivity index is 1.99. The predicted octanol–water partition coefficient (Wildman–Crippen LogP) is 4.75. The fourth-order valence-corrected chi connectivity index (χ4v) is 4.49. The van der Waals surface area contributed by atoms with Crippen molar-refractivity contribution in [2.45, 2.75) is 32.7 Å². The molecule has 0 saturated carbocycles. The van der Waals surface area contributed by atoms with Crippen molar-refractivity contribution < 1.29 is 18.3 Å². The third-order valence-electron chi connectivity index (χ3n) is 5.10. The van der Waals surface area contributed by atoms with Crippen molar-refractivity contribution in [3.63, 3.8) is 0 Å². The normalized spacial score (nSPS) is 11.7. The van der Waals surface area contributed by atoms with Crippen LogP contribution in [-0.4, -0.2) is 22.1 Å². The van der Waals surface area contributed by atoms with Gasteiger partial charge < -0.3 is 9.15 Å². The Labute approximate surface area is 181 Å². The molecule has 31 heavy (non-hydrogen) atoms. The lowest BCUT2D eigenvalue weighted by molar-refractivity contribution is -0.152. The number of halogens is 1. The number of hydrogen-bond acceptors (Lipinski definition) is 6. The highest BCUT2D eigenvalue weighted by atomic mass is 32.1. The molecular weight excluding hydrogens is 419 g/mol. The molecule has 0 unspecified atom stereocenters. The molecule has 0 radical (unpaired) electrons. The molecule has 0 atom stereocenters. The topological polar surface area (TPSA) is 74.3 Å². The number of benzene rings is 1. The Bertz CT molecular complexity index is 1310. The monoisotopic (exact) mass is 440 g/mol. The van der Waals surface area contributed by atoms with Crippen LogP contribution in [0.4, 0.5) is 4.39 Å². The average molecular weight is 440 g/mol. The van der Waals surface area contributed by atoms with Crippen LogP contribution >= 0.6 is 11.3 Å².